The molecule has 0 aromatic heterocycles. The number of rotatable bonds is 3. The molecule has 80 valence electrons. The van der Waals surface area contributed by atoms with Crippen LogP contribution in [0, 0.1) is 5.92 Å². The molecule has 0 bridgehead atoms. The molecule has 1 atom stereocenters. The molecule has 0 radical (unpaired) electrons. The predicted octanol–water partition coefficient (Wildman–Crippen LogP) is 0.655. The van der Waals surface area contributed by atoms with Gasteiger partial charge in [-0.05, 0) is 25.4 Å². The van der Waals surface area contributed by atoms with Crippen molar-refractivity contribution in [1.29, 1.82) is 0 Å². The van der Waals surface area contributed by atoms with Gasteiger partial charge in [-0.15, -0.1) is 12.4 Å². The van der Waals surface area contributed by atoms with E-state index < -0.39 is 21.3 Å². The van der Waals surface area contributed by atoms with Crippen molar-refractivity contribution < 1.29 is 17.2 Å². The molecule has 1 saturated heterocycles. The van der Waals surface area contributed by atoms with Gasteiger partial charge in [0.2, 0.25) is 9.84 Å². The maximum absolute atomic E-state index is 11.9. The van der Waals surface area contributed by atoms with Gasteiger partial charge < -0.3 is 5.32 Å². The predicted molar refractivity (Wildman–Crippen MR) is 48.0 cm³/mol. The molecule has 1 heterocycles. The van der Waals surface area contributed by atoms with E-state index in [4.69, 9.17) is 0 Å². The number of hydrogen-bond donors (Lipinski definition) is 1. The first-order valence-electron chi connectivity index (χ1n) is 3.73. The van der Waals surface area contributed by atoms with Crippen LogP contribution in [0.3, 0.4) is 0 Å². The fourth-order valence-corrected chi connectivity index (χ4v) is 2.35. The Kier molecular flexibility index (Phi) is 5.09. The van der Waals surface area contributed by atoms with Crippen molar-refractivity contribution in [2.45, 2.75) is 12.2 Å². The third kappa shape index (κ3) is 3.74. The van der Waals surface area contributed by atoms with Gasteiger partial charge in [0.15, 0.2) is 0 Å². The van der Waals surface area contributed by atoms with Crippen molar-refractivity contribution in [3.05, 3.63) is 0 Å². The highest BCUT2D eigenvalue weighted by molar-refractivity contribution is 7.91. The van der Waals surface area contributed by atoms with Crippen LogP contribution in [0.25, 0.3) is 0 Å². The van der Waals surface area contributed by atoms with Crippen LogP contribution in [0.1, 0.15) is 6.42 Å². The maximum atomic E-state index is 11.9. The second-order valence-electron chi connectivity index (χ2n) is 2.95. The minimum atomic E-state index is -4.15. The highest BCUT2D eigenvalue weighted by atomic mass is 35.5. The third-order valence-electron chi connectivity index (χ3n) is 1.90. The number of alkyl halides is 2. The van der Waals surface area contributed by atoms with Crippen molar-refractivity contribution in [3.63, 3.8) is 0 Å². The summed E-state index contributed by atoms with van der Waals surface area (Å²) in [5, 5.41) is 2.92. The molecular formula is C6H12ClF2NO2S. The van der Waals surface area contributed by atoms with E-state index >= 15 is 0 Å². The maximum Gasteiger partial charge on any atom is 0.336 e. The molecule has 0 saturated carbocycles. The lowest BCUT2D eigenvalue weighted by atomic mass is 10.2. The molecule has 1 unspecified atom stereocenters. The Morgan fingerprint density at radius 2 is 2.08 bits per heavy atom. The molecule has 1 rings (SSSR count). The fourth-order valence-electron chi connectivity index (χ4n) is 1.26. The zero-order valence-electron chi connectivity index (χ0n) is 6.87. The standard InChI is InChI=1S/C6H11F2NO2S.ClH/c7-6(8)12(10,11)4-5-1-2-9-3-5;/h5-6,9H,1-4H2;1H. The lowest BCUT2D eigenvalue weighted by Gasteiger charge is -2.07. The van der Waals surface area contributed by atoms with Crippen molar-refractivity contribution >= 4 is 22.2 Å². The van der Waals surface area contributed by atoms with Gasteiger partial charge in [-0.1, -0.05) is 0 Å². The zero-order valence-corrected chi connectivity index (χ0v) is 8.51. The van der Waals surface area contributed by atoms with Crippen LogP contribution in [-0.2, 0) is 9.84 Å². The van der Waals surface area contributed by atoms with Crippen LogP contribution >= 0.6 is 12.4 Å². The Balaban J connectivity index is 0.00000144. The summed E-state index contributed by atoms with van der Waals surface area (Å²) in [6, 6.07) is 0. The van der Waals surface area contributed by atoms with Gasteiger partial charge in [-0.3, -0.25) is 0 Å². The van der Waals surface area contributed by atoms with Crippen molar-refractivity contribution in [3.8, 4) is 0 Å². The zero-order chi connectivity index (χ0) is 9.19. The van der Waals surface area contributed by atoms with E-state index in [0.29, 0.717) is 13.0 Å². The Morgan fingerprint density at radius 1 is 1.46 bits per heavy atom. The molecule has 3 nitrogen and oxygen atoms in total. The molecular weight excluding hydrogens is 224 g/mol. The average molecular weight is 236 g/mol. The molecule has 0 aliphatic carbocycles. The Morgan fingerprint density at radius 3 is 2.46 bits per heavy atom. The summed E-state index contributed by atoms with van der Waals surface area (Å²) < 4.78 is 45.1. The number of nitrogens with one attached hydrogen (secondary N) is 1. The summed E-state index contributed by atoms with van der Waals surface area (Å²) in [5.74, 6) is -3.75. The summed E-state index contributed by atoms with van der Waals surface area (Å²) in [6.45, 7) is 1.26. The lowest BCUT2D eigenvalue weighted by Crippen LogP contribution is -2.23. The molecule has 0 amide bonds. The van der Waals surface area contributed by atoms with Gasteiger partial charge in [0.25, 0.3) is 0 Å². The highest BCUT2D eigenvalue weighted by Crippen LogP contribution is 2.15. The van der Waals surface area contributed by atoms with E-state index in [1.54, 1.807) is 0 Å². The summed E-state index contributed by atoms with van der Waals surface area (Å²) in [4.78, 5) is 0. The van der Waals surface area contributed by atoms with Crippen LogP contribution in [0.4, 0.5) is 8.78 Å². The second kappa shape index (κ2) is 5.07. The van der Waals surface area contributed by atoms with Gasteiger partial charge in [0.1, 0.15) is 0 Å². The monoisotopic (exact) mass is 235 g/mol. The van der Waals surface area contributed by atoms with Gasteiger partial charge >= 0.3 is 5.76 Å². The smallest absolute Gasteiger partial charge is 0.316 e. The van der Waals surface area contributed by atoms with Crippen LogP contribution in [0.15, 0.2) is 0 Å². The van der Waals surface area contributed by atoms with E-state index in [1.165, 1.54) is 0 Å². The fraction of sp³-hybridized carbons (Fsp3) is 1.00. The van der Waals surface area contributed by atoms with E-state index in [1.807, 2.05) is 0 Å². The molecule has 0 spiro atoms. The van der Waals surface area contributed by atoms with Gasteiger partial charge in [-0.25, -0.2) is 8.42 Å². The summed E-state index contributed by atoms with van der Waals surface area (Å²) in [6.07, 6.45) is 0.673. The van der Waals surface area contributed by atoms with Crippen molar-refractivity contribution in [2.24, 2.45) is 5.92 Å². The van der Waals surface area contributed by atoms with Crippen LogP contribution in [-0.4, -0.2) is 33.0 Å². The molecule has 0 aromatic rings. The minimum absolute atomic E-state index is 0. The third-order valence-corrected chi connectivity index (χ3v) is 3.38. The first-order valence-corrected chi connectivity index (χ1v) is 5.44. The molecule has 13 heavy (non-hydrogen) atoms. The number of halogens is 3. The second-order valence-corrected chi connectivity index (χ2v) is 4.96. The summed E-state index contributed by atoms with van der Waals surface area (Å²) >= 11 is 0. The van der Waals surface area contributed by atoms with Crippen LogP contribution in [0.2, 0.25) is 0 Å². The van der Waals surface area contributed by atoms with E-state index in [-0.39, 0.29) is 18.3 Å². The largest absolute Gasteiger partial charge is 0.336 e. The number of hydrogen-bond acceptors (Lipinski definition) is 3. The molecule has 7 heteroatoms. The summed E-state index contributed by atoms with van der Waals surface area (Å²) in [7, 11) is -4.15. The first kappa shape index (κ1) is 13.1. The van der Waals surface area contributed by atoms with Crippen molar-refractivity contribution in [2.75, 3.05) is 18.8 Å². The molecule has 1 fully saturated rings. The van der Waals surface area contributed by atoms with Crippen LogP contribution in [0.5, 0.6) is 0 Å². The van der Waals surface area contributed by atoms with Gasteiger partial charge in [0.05, 0.1) is 5.75 Å². The average Bonchev–Trinajstić information content (AvgIpc) is 2.38. The molecule has 1 aliphatic heterocycles. The van der Waals surface area contributed by atoms with E-state index in [9.17, 15) is 17.2 Å². The minimum Gasteiger partial charge on any atom is -0.316 e. The Labute approximate surface area is 82.2 Å². The SMILES string of the molecule is Cl.O=S(=O)(CC1CCNC1)C(F)F. The first-order chi connectivity index (χ1) is 5.52. The Hall–Kier alpha value is 0.0600. The molecule has 0 aromatic carbocycles. The van der Waals surface area contributed by atoms with Crippen LogP contribution < -0.4 is 5.32 Å². The van der Waals surface area contributed by atoms with Gasteiger partial charge in [-0.2, -0.15) is 8.78 Å². The molecule has 1 N–H and O–H groups in total. The highest BCUT2D eigenvalue weighted by Gasteiger charge is 2.29. The summed E-state index contributed by atoms with van der Waals surface area (Å²) in [5.41, 5.74) is 0. The molecule has 1 aliphatic rings. The van der Waals surface area contributed by atoms with E-state index in [2.05, 4.69) is 5.32 Å². The Bertz CT molecular complexity index is 239. The lowest BCUT2D eigenvalue weighted by molar-refractivity contribution is 0.234. The van der Waals surface area contributed by atoms with Crippen molar-refractivity contribution in [1.82, 2.24) is 5.32 Å². The number of sulfone groups is 1. The topological polar surface area (TPSA) is 46.2 Å². The quantitative estimate of drug-likeness (QED) is 0.782. The van der Waals surface area contributed by atoms with E-state index in [0.717, 1.165) is 6.54 Å². The van der Waals surface area contributed by atoms with Gasteiger partial charge in [0, 0.05) is 0 Å². The normalized spacial score (nSPS) is 23.2.